The fraction of sp³-hybridized carbons (Fsp3) is 0.512. The summed E-state index contributed by atoms with van der Waals surface area (Å²) in [6.07, 6.45) is -13.7. The number of aromatic hydroxyl groups is 1. The number of nitrogens with one attached hydrogen (secondary N) is 11. The highest BCUT2D eigenvalue weighted by Crippen LogP contribution is 2.28. The molecule has 27 heteroatoms. The molecule has 0 saturated carbocycles. The van der Waals surface area contributed by atoms with Crippen LogP contribution in [0, 0.1) is 10.8 Å². The Labute approximate surface area is 387 Å². The van der Waals surface area contributed by atoms with Crippen LogP contribution in [-0.4, -0.2) is 211 Å². The first-order valence-electron chi connectivity index (χ1n) is 21.5. The van der Waals surface area contributed by atoms with Crippen LogP contribution in [0.4, 0.5) is 0 Å². The van der Waals surface area contributed by atoms with Crippen molar-refractivity contribution in [3.8, 4) is 5.75 Å². The van der Waals surface area contributed by atoms with E-state index >= 15 is 0 Å². The first-order chi connectivity index (χ1) is 32.4. The molecule has 0 radical (unpaired) electrons. The van der Waals surface area contributed by atoms with Crippen LogP contribution >= 0.6 is 0 Å². The maximum Gasteiger partial charge on any atom is 0.246 e. The number of aliphatic hydroxyl groups is 7. The molecular weight excluding hydrogens is 901 g/mol. The molecule has 19 N–H and O–H groups in total. The number of benzene rings is 2. The molecule has 4 saturated heterocycles. The standard InChI is InChI=1S/C41H56N12O15/c42-40-45-12-22(50-40)29(58)27-38(67)52-28(30(59)24-13-46-41(43)53(24)39-33(62)32(61)31(60)25(16-55)68-39)37(66)49-23(15-54)34(63)44-14-26(57)47-20(10-17-4-2-1-3-5-17)35(64)48-21(36(65)51-27)11-18-6-8-19(56)9-7-18/h1-9,20-25,27-33,39,54-56,58-62H,10-16H2,(H2,43,46)(H,44,63)(H,47,57)(H,48,64)(H,49,66)(H,51,65)(H,52,67)(H3,42,45,50)/t20-,21+,22?,23-,24?,25+,27-,28+,29?,30?,31+,32-,33-,39?/m0/s1. The summed E-state index contributed by atoms with van der Waals surface area (Å²) < 4.78 is 5.63. The zero-order valence-electron chi connectivity index (χ0n) is 36.1. The van der Waals surface area contributed by atoms with Gasteiger partial charge in [-0.05, 0) is 23.3 Å². The number of aliphatic hydroxyl groups excluding tert-OH is 7. The summed E-state index contributed by atoms with van der Waals surface area (Å²) in [4.78, 5) is 85.3. The molecule has 370 valence electrons. The van der Waals surface area contributed by atoms with E-state index in [-0.39, 0.29) is 31.1 Å². The Hall–Kier alpha value is -6.72. The monoisotopic (exact) mass is 956 g/mol. The van der Waals surface area contributed by atoms with Crippen LogP contribution in [0.1, 0.15) is 11.1 Å². The molecule has 0 bridgehead atoms. The van der Waals surface area contributed by atoms with Crippen LogP contribution in [0.2, 0.25) is 0 Å². The van der Waals surface area contributed by atoms with Crippen LogP contribution < -0.4 is 47.9 Å². The first kappa shape index (κ1) is 50.7. The second-order valence-corrected chi connectivity index (χ2v) is 16.6. The van der Waals surface area contributed by atoms with Crippen LogP contribution in [0.5, 0.6) is 5.75 Å². The molecule has 4 fully saturated rings. The molecule has 4 aliphatic heterocycles. The van der Waals surface area contributed by atoms with E-state index in [1.54, 1.807) is 30.3 Å². The highest BCUT2D eigenvalue weighted by molar-refractivity contribution is 5.98. The third-order valence-electron chi connectivity index (χ3n) is 11.9. The molecule has 2 aromatic rings. The Kier molecular flexibility index (Phi) is 16.7. The summed E-state index contributed by atoms with van der Waals surface area (Å²) in [7, 11) is 0. The van der Waals surface area contributed by atoms with E-state index in [9.17, 15) is 69.6 Å². The first-order valence-corrected chi connectivity index (χ1v) is 21.5. The van der Waals surface area contributed by atoms with Crippen LogP contribution in [0.3, 0.4) is 0 Å². The minimum absolute atomic E-state index is 0.125. The number of hydrogen-bond donors (Lipinski definition) is 19. The van der Waals surface area contributed by atoms with E-state index < -0.39 is 153 Å². The summed E-state index contributed by atoms with van der Waals surface area (Å²) in [5, 5.41) is 124. The predicted octanol–water partition coefficient (Wildman–Crippen LogP) is -9.05. The lowest BCUT2D eigenvalue weighted by atomic mass is 9.95. The number of ether oxygens (including phenoxy) is 1. The highest BCUT2D eigenvalue weighted by Gasteiger charge is 2.52. The second-order valence-electron chi connectivity index (χ2n) is 16.6. The Morgan fingerprint density at radius 2 is 1.21 bits per heavy atom. The van der Waals surface area contributed by atoms with Crippen LogP contribution in [0.25, 0.3) is 0 Å². The van der Waals surface area contributed by atoms with Crippen molar-refractivity contribution in [2.75, 3.05) is 32.8 Å². The van der Waals surface area contributed by atoms with Gasteiger partial charge < -0.3 is 98.3 Å². The number of phenolic OH excluding ortho intramolecular Hbond substituents is 1. The summed E-state index contributed by atoms with van der Waals surface area (Å²) >= 11 is 0. The number of guanidine groups is 2. The van der Waals surface area contributed by atoms with Crippen molar-refractivity contribution in [3.63, 3.8) is 0 Å². The Bertz CT molecular complexity index is 2170. The van der Waals surface area contributed by atoms with Gasteiger partial charge in [0.1, 0.15) is 72.6 Å². The highest BCUT2D eigenvalue weighted by atomic mass is 16.6. The molecule has 68 heavy (non-hydrogen) atoms. The number of carbonyl (C=O) groups is 6. The average molecular weight is 957 g/mol. The van der Waals surface area contributed by atoms with E-state index in [1.165, 1.54) is 24.3 Å². The second kappa shape index (κ2) is 22.4. The van der Waals surface area contributed by atoms with Crippen molar-refractivity contribution in [2.45, 2.75) is 98.0 Å². The number of phenols is 1. The van der Waals surface area contributed by atoms with Gasteiger partial charge in [-0.3, -0.25) is 39.6 Å². The minimum atomic E-state index is -2.26. The average Bonchev–Trinajstić information content (AvgIpc) is 3.94. The van der Waals surface area contributed by atoms with Crippen molar-refractivity contribution < 1.29 is 74.4 Å². The molecule has 4 aliphatic rings. The van der Waals surface area contributed by atoms with Crippen molar-refractivity contribution in [2.24, 2.45) is 0 Å². The fourth-order valence-corrected chi connectivity index (χ4v) is 8.14. The summed E-state index contributed by atoms with van der Waals surface area (Å²) in [6.45, 7) is -3.40. The Morgan fingerprint density at radius 3 is 1.84 bits per heavy atom. The van der Waals surface area contributed by atoms with Crippen molar-refractivity contribution in [3.05, 3.63) is 65.7 Å². The molecule has 0 aliphatic carbocycles. The lowest BCUT2D eigenvalue weighted by molar-refractivity contribution is -0.260. The molecule has 0 aromatic heterocycles. The van der Waals surface area contributed by atoms with Crippen LogP contribution in [-0.2, 0) is 46.3 Å². The third-order valence-corrected chi connectivity index (χ3v) is 11.9. The zero-order chi connectivity index (χ0) is 49.4. The summed E-state index contributed by atoms with van der Waals surface area (Å²) in [5.74, 6) is -7.80. The topological polar surface area (TPSA) is 433 Å². The van der Waals surface area contributed by atoms with E-state index in [0.717, 1.165) is 4.90 Å². The van der Waals surface area contributed by atoms with Gasteiger partial charge in [-0.1, -0.05) is 42.5 Å². The molecular formula is C41H56N12O15. The Morgan fingerprint density at radius 1 is 0.618 bits per heavy atom. The number of rotatable bonds is 11. The van der Waals surface area contributed by atoms with Gasteiger partial charge in [-0.15, -0.1) is 0 Å². The maximum atomic E-state index is 14.6. The van der Waals surface area contributed by atoms with Gasteiger partial charge in [0, 0.05) is 25.9 Å². The smallest absolute Gasteiger partial charge is 0.246 e. The molecule has 6 rings (SSSR count). The van der Waals surface area contributed by atoms with Crippen molar-refractivity contribution in [1.29, 1.82) is 10.8 Å². The molecule has 0 spiro atoms. The van der Waals surface area contributed by atoms with Crippen LogP contribution in [0.15, 0.2) is 54.6 Å². The maximum absolute atomic E-state index is 14.6. The SMILES string of the molecule is N=C1NCC(C(O)[C@@H]2NC(=O)[C@@H](Cc3ccc(O)cc3)NC(=O)[C@H](Cc3ccccc3)NC(=O)CNC(=O)[C@H](CO)NC(=O)[C@@H](C(O)C3CNC(=N)N3C3O[C@H](CO)[C@@H](O)[C@H](O)[C@@H]3O)NC2=O)N1. The van der Waals surface area contributed by atoms with Crippen molar-refractivity contribution in [1.82, 2.24) is 52.8 Å². The van der Waals surface area contributed by atoms with E-state index in [0.29, 0.717) is 11.1 Å². The number of hydrogen-bond acceptors (Lipinski definition) is 17. The largest absolute Gasteiger partial charge is 0.508 e. The van der Waals surface area contributed by atoms with Gasteiger partial charge in [0.05, 0.1) is 31.8 Å². The Balaban J connectivity index is 1.40. The van der Waals surface area contributed by atoms with Crippen molar-refractivity contribution >= 4 is 47.4 Å². The van der Waals surface area contributed by atoms with E-state index in [4.69, 9.17) is 15.6 Å². The van der Waals surface area contributed by atoms with E-state index in [1.807, 2.05) is 0 Å². The quantitative estimate of drug-likeness (QED) is 0.0994. The van der Waals surface area contributed by atoms with Gasteiger partial charge >= 0.3 is 0 Å². The molecule has 27 nitrogen and oxygen atoms in total. The van der Waals surface area contributed by atoms with Gasteiger partial charge in [0.15, 0.2) is 18.1 Å². The van der Waals surface area contributed by atoms with Gasteiger partial charge in [-0.2, -0.15) is 0 Å². The van der Waals surface area contributed by atoms with Gasteiger partial charge in [0.25, 0.3) is 0 Å². The zero-order valence-corrected chi connectivity index (χ0v) is 36.1. The minimum Gasteiger partial charge on any atom is -0.508 e. The molecule has 2 aromatic carbocycles. The lowest BCUT2D eigenvalue weighted by Crippen LogP contribution is -2.69. The molecule has 6 amide bonds. The normalized spacial score (nSPS) is 32.1. The molecule has 4 heterocycles. The molecule has 5 unspecified atom stereocenters. The lowest BCUT2D eigenvalue weighted by Gasteiger charge is -2.46. The molecule has 14 atom stereocenters. The fourth-order valence-electron chi connectivity index (χ4n) is 8.14. The summed E-state index contributed by atoms with van der Waals surface area (Å²) in [6, 6.07) is 1.94. The number of carbonyl (C=O) groups excluding carboxylic acids is 6. The van der Waals surface area contributed by atoms with E-state index in [2.05, 4.69) is 47.9 Å². The van der Waals surface area contributed by atoms with Gasteiger partial charge in [-0.25, -0.2) is 0 Å². The summed E-state index contributed by atoms with van der Waals surface area (Å²) in [5.41, 5.74) is 0.953. The predicted molar refractivity (Wildman–Crippen MR) is 231 cm³/mol. The van der Waals surface area contributed by atoms with Gasteiger partial charge in [0.2, 0.25) is 35.4 Å². The third kappa shape index (κ3) is 11.9. The number of nitrogens with zero attached hydrogens (tertiary/aromatic N) is 1. The number of amides is 6.